The number of hydrogen-bond acceptors (Lipinski definition) is 3. The van der Waals surface area contributed by atoms with Gasteiger partial charge in [0.15, 0.2) is 5.13 Å². The van der Waals surface area contributed by atoms with Crippen LogP contribution in [0.15, 0.2) is 24.3 Å². The summed E-state index contributed by atoms with van der Waals surface area (Å²) < 4.78 is 1.07. The molecular weight excluding hydrogens is 244 g/mol. The first-order valence-corrected chi connectivity index (χ1v) is 6.28. The molecule has 0 aliphatic rings. The zero-order valence-corrected chi connectivity index (χ0v) is 10.3. The number of thiazole rings is 1. The molecule has 1 amide bonds. The first-order valence-electron chi connectivity index (χ1n) is 4.93. The number of hydrogen-bond donors (Lipinski definition) is 1. The van der Waals surface area contributed by atoms with Crippen molar-refractivity contribution in [3.05, 3.63) is 24.3 Å². The highest BCUT2D eigenvalue weighted by molar-refractivity contribution is 7.22. The fraction of sp³-hybridized carbons (Fsp3) is 0.273. The zero-order chi connectivity index (χ0) is 11.5. The van der Waals surface area contributed by atoms with Gasteiger partial charge in [0, 0.05) is 11.8 Å². The Morgan fingerprint density at radius 3 is 3.00 bits per heavy atom. The molecule has 1 unspecified atom stereocenters. The minimum atomic E-state index is -0.200. The van der Waals surface area contributed by atoms with Crippen LogP contribution in [0.3, 0.4) is 0 Å². The summed E-state index contributed by atoms with van der Waals surface area (Å²) in [5, 5.41) is 3.39. The fourth-order valence-corrected chi connectivity index (χ4v) is 2.23. The molecule has 1 aromatic heterocycles. The predicted molar refractivity (Wildman–Crippen MR) is 68.1 cm³/mol. The predicted octanol–water partition coefficient (Wildman–Crippen LogP) is 3.11. The summed E-state index contributed by atoms with van der Waals surface area (Å²) in [7, 11) is 0. The summed E-state index contributed by atoms with van der Waals surface area (Å²) in [6, 6.07) is 7.78. The molecular formula is C11H11ClN2OS. The third kappa shape index (κ3) is 2.33. The number of para-hydroxylation sites is 1. The lowest BCUT2D eigenvalue weighted by Gasteiger charge is -2.05. The van der Waals surface area contributed by atoms with Gasteiger partial charge in [-0.15, -0.1) is 11.6 Å². The SMILES string of the molecule is CC(CCl)C(=O)Nc1nc2ccccc2s1. The molecule has 16 heavy (non-hydrogen) atoms. The molecule has 3 nitrogen and oxygen atoms in total. The Morgan fingerprint density at radius 1 is 1.56 bits per heavy atom. The molecule has 0 fully saturated rings. The summed E-state index contributed by atoms with van der Waals surface area (Å²) in [5.41, 5.74) is 0.904. The Hall–Kier alpha value is -1.13. The lowest BCUT2D eigenvalue weighted by atomic mass is 10.2. The van der Waals surface area contributed by atoms with Crippen molar-refractivity contribution in [2.75, 3.05) is 11.2 Å². The van der Waals surface area contributed by atoms with E-state index in [9.17, 15) is 4.79 Å². The number of nitrogens with one attached hydrogen (secondary N) is 1. The number of carbonyl (C=O) groups is 1. The van der Waals surface area contributed by atoms with Gasteiger partial charge in [-0.1, -0.05) is 30.4 Å². The minimum absolute atomic E-state index is 0.0888. The molecule has 0 bridgehead atoms. The third-order valence-electron chi connectivity index (χ3n) is 2.20. The number of halogens is 1. The lowest BCUT2D eigenvalue weighted by Crippen LogP contribution is -2.21. The highest BCUT2D eigenvalue weighted by atomic mass is 35.5. The Morgan fingerprint density at radius 2 is 2.31 bits per heavy atom. The van der Waals surface area contributed by atoms with Gasteiger partial charge in [0.2, 0.25) is 5.91 Å². The van der Waals surface area contributed by atoms with Crippen LogP contribution in [0.4, 0.5) is 5.13 Å². The molecule has 0 spiro atoms. The van der Waals surface area contributed by atoms with Gasteiger partial charge >= 0.3 is 0 Å². The topological polar surface area (TPSA) is 42.0 Å². The largest absolute Gasteiger partial charge is 0.302 e. The molecule has 1 N–H and O–H groups in total. The van der Waals surface area contributed by atoms with Crippen LogP contribution in [-0.4, -0.2) is 16.8 Å². The second-order valence-corrected chi connectivity index (χ2v) is 4.87. The van der Waals surface area contributed by atoms with E-state index in [0.717, 1.165) is 10.2 Å². The monoisotopic (exact) mass is 254 g/mol. The molecule has 1 aromatic carbocycles. The summed E-state index contributed by atoms with van der Waals surface area (Å²) >= 11 is 7.08. The first kappa shape index (κ1) is 11.4. The Labute approximate surface area is 102 Å². The number of anilines is 1. The summed E-state index contributed by atoms with van der Waals surface area (Å²) in [5.74, 6) is 0.0271. The highest BCUT2D eigenvalue weighted by Gasteiger charge is 2.13. The molecule has 0 saturated heterocycles. The molecule has 2 rings (SSSR count). The maximum atomic E-state index is 11.6. The van der Waals surface area contributed by atoms with E-state index < -0.39 is 0 Å². The molecule has 0 radical (unpaired) electrons. The number of benzene rings is 1. The molecule has 5 heteroatoms. The van der Waals surface area contributed by atoms with Crippen LogP contribution in [-0.2, 0) is 4.79 Å². The molecule has 1 atom stereocenters. The van der Waals surface area contributed by atoms with Gasteiger partial charge in [-0.2, -0.15) is 0 Å². The first-order chi connectivity index (χ1) is 7.70. The van der Waals surface area contributed by atoms with Crippen LogP contribution < -0.4 is 5.32 Å². The van der Waals surface area contributed by atoms with Crippen LogP contribution in [0.2, 0.25) is 0 Å². The van der Waals surface area contributed by atoms with Gasteiger partial charge in [-0.05, 0) is 12.1 Å². The van der Waals surface area contributed by atoms with E-state index in [-0.39, 0.29) is 11.8 Å². The van der Waals surface area contributed by atoms with E-state index in [1.165, 1.54) is 11.3 Å². The maximum absolute atomic E-state index is 11.6. The van der Waals surface area contributed by atoms with Crippen molar-refractivity contribution in [2.24, 2.45) is 5.92 Å². The molecule has 0 saturated carbocycles. The maximum Gasteiger partial charge on any atom is 0.230 e. The average molecular weight is 255 g/mol. The lowest BCUT2D eigenvalue weighted by molar-refractivity contribution is -0.118. The second-order valence-electron chi connectivity index (χ2n) is 3.53. The van der Waals surface area contributed by atoms with Crippen molar-refractivity contribution in [2.45, 2.75) is 6.92 Å². The number of aromatic nitrogens is 1. The van der Waals surface area contributed by atoms with Crippen molar-refractivity contribution < 1.29 is 4.79 Å². The zero-order valence-electron chi connectivity index (χ0n) is 8.74. The molecule has 0 aliphatic heterocycles. The molecule has 1 heterocycles. The number of amides is 1. The smallest absolute Gasteiger partial charge is 0.230 e. The van der Waals surface area contributed by atoms with E-state index in [4.69, 9.17) is 11.6 Å². The van der Waals surface area contributed by atoms with E-state index in [0.29, 0.717) is 11.0 Å². The average Bonchev–Trinajstić information content (AvgIpc) is 2.69. The number of alkyl halides is 1. The number of fused-ring (bicyclic) bond motifs is 1. The second kappa shape index (κ2) is 4.80. The normalized spacial score (nSPS) is 12.6. The standard InChI is InChI=1S/C11H11ClN2OS/c1-7(6-12)10(15)14-11-13-8-4-2-3-5-9(8)16-11/h2-5,7H,6H2,1H3,(H,13,14,15). The fourth-order valence-electron chi connectivity index (χ4n) is 1.22. The van der Waals surface area contributed by atoms with Gasteiger partial charge < -0.3 is 5.32 Å². The molecule has 2 aromatic rings. The van der Waals surface area contributed by atoms with Crippen LogP contribution in [0, 0.1) is 5.92 Å². The summed E-state index contributed by atoms with van der Waals surface area (Å²) in [6.07, 6.45) is 0. The van der Waals surface area contributed by atoms with E-state index in [2.05, 4.69) is 10.3 Å². The van der Waals surface area contributed by atoms with Crippen LogP contribution in [0.1, 0.15) is 6.92 Å². The third-order valence-corrected chi connectivity index (χ3v) is 3.62. The van der Waals surface area contributed by atoms with Crippen molar-refractivity contribution in [1.29, 1.82) is 0 Å². The van der Waals surface area contributed by atoms with Crippen LogP contribution in [0.5, 0.6) is 0 Å². The quantitative estimate of drug-likeness (QED) is 0.856. The number of nitrogens with zero attached hydrogens (tertiary/aromatic N) is 1. The Bertz CT molecular complexity index is 478. The van der Waals surface area contributed by atoms with Gasteiger partial charge in [-0.3, -0.25) is 4.79 Å². The van der Waals surface area contributed by atoms with Gasteiger partial charge in [0.25, 0.3) is 0 Å². The van der Waals surface area contributed by atoms with Crippen molar-refractivity contribution >= 4 is 44.2 Å². The Balaban J connectivity index is 2.18. The van der Waals surface area contributed by atoms with Crippen molar-refractivity contribution in [1.82, 2.24) is 4.98 Å². The Kier molecular flexibility index (Phi) is 3.41. The van der Waals surface area contributed by atoms with Crippen LogP contribution in [0.25, 0.3) is 10.2 Å². The molecule has 0 aliphatic carbocycles. The van der Waals surface area contributed by atoms with Gasteiger partial charge in [0.1, 0.15) is 0 Å². The number of carbonyl (C=O) groups excluding carboxylic acids is 1. The summed E-state index contributed by atoms with van der Waals surface area (Å²) in [6.45, 7) is 1.79. The van der Waals surface area contributed by atoms with Crippen molar-refractivity contribution in [3.8, 4) is 0 Å². The minimum Gasteiger partial charge on any atom is -0.302 e. The van der Waals surface area contributed by atoms with Gasteiger partial charge in [0.05, 0.1) is 10.2 Å². The van der Waals surface area contributed by atoms with E-state index in [1.54, 1.807) is 6.92 Å². The van der Waals surface area contributed by atoms with E-state index >= 15 is 0 Å². The molecule has 84 valence electrons. The highest BCUT2D eigenvalue weighted by Crippen LogP contribution is 2.25. The van der Waals surface area contributed by atoms with Gasteiger partial charge in [-0.25, -0.2) is 4.98 Å². The number of rotatable bonds is 3. The van der Waals surface area contributed by atoms with Crippen molar-refractivity contribution in [3.63, 3.8) is 0 Å². The van der Waals surface area contributed by atoms with E-state index in [1.807, 2.05) is 24.3 Å². The van der Waals surface area contributed by atoms with Crippen LogP contribution >= 0.6 is 22.9 Å². The summed E-state index contributed by atoms with van der Waals surface area (Å²) in [4.78, 5) is 15.9.